The highest BCUT2D eigenvalue weighted by atomic mass is 16.3. The van der Waals surface area contributed by atoms with Crippen LogP contribution in [-0.2, 0) is 0 Å². The summed E-state index contributed by atoms with van der Waals surface area (Å²) >= 11 is 0. The van der Waals surface area contributed by atoms with Gasteiger partial charge in [0.25, 0.3) is 0 Å². The number of Topliss-reactive ketones (excluding diaryl/α,β-unsaturated/α-hetero) is 1. The molecule has 0 saturated carbocycles. The number of ketones is 1. The van der Waals surface area contributed by atoms with Gasteiger partial charge in [-0.2, -0.15) is 0 Å². The molecule has 0 amide bonds. The summed E-state index contributed by atoms with van der Waals surface area (Å²) < 4.78 is 0. The largest absolute Gasteiger partial charge is 0.507 e. The Morgan fingerprint density at radius 2 is 1.83 bits per heavy atom. The van der Waals surface area contributed by atoms with Crippen molar-refractivity contribution in [3.8, 4) is 5.75 Å². The average molecular weight is 168 g/mol. The van der Waals surface area contributed by atoms with E-state index in [-0.39, 0.29) is 13.0 Å². The number of hydrogen-bond donors (Lipinski definition) is 1. The summed E-state index contributed by atoms with van der Waals surface area (Å²) in [6, 6.07) is 6.49. The molecule has 1 N–H and O–H groups in total. The van der Waals surface area contributed by atoms with Gasteiger partial charge in [0, 0.05) is 1.43 Å². The lowest BCUT2D eigenvalue weighted by atomic mass is 10.1. The molecule has 1 rings (SSSR count). The third-order valence-corrected chi connectivity index (χ3v) is 1.28. The molecule has 0 atom stereocenters. The van der Waals surface area contributed by atoms with Crippen molar-refractivity contribution in [2.45, 2.75) is 20.8 Å². The first-order valence-corrected chi connectivity index (χ1v) is 4.01. The quantitative estimate of drug-likeness (QED) is 0.655. The molecule has 0 radical (unpaired) electrons. The maximum absolute atomic E-state index is 10.7. The maximum Gasteiger partial charge on any atom is 0.163 e. The molecule has 1 aromatic carbocycles. The molecule has 0 unspecified atom stereocenters. The van der Waals surface area contributed by atoms with Crippen molar-refractivity contribution in [1.29, 1.82) is 0 Å². The van der Waals surface area contributed by atoms with Crippen molar-refractivity contribution in [2.75, 3.05) is 0 Å². The van der Waals surface area contributed by atoms with Crippen LogP contribution in [0.15, 0.2) is 24.3 Å². The van der Waals surface area contributed by atoms with Crippen molar-refractivity contribution < 1.29 is 11.3 Å². The van der Waals surface area contributed by atoms with Gasteiger partial charge >= 0.3 is 0 Å². The third kappa shape index (κ3) is 2.74. The van der Waals surface area contributed by atoms with Gasteiger partial charge in [0.05, 0.1) is 5.56 Å². The molecule has 0 saturated heterocycles. The SMILES string of the molecule is CC.CC(=O)c1ccccc1O.[HH]. The van der Waals surface area contributed by atoms with Crippen LogP contribution in [0.5, 0.6) is 5.75 Å². The molecular weight excluding hydrogens is 152 g/mol. The van der Waals surface area contributed by atoms with Crippen LogP contribution in [0.3, 0.4) is 0 Å². The van der Waals surface area contributed by atoms with E-state index in [4.69, 9.17) is 5.11 Å². The predicted molar refractivity (Wildman–Crippen MR) is 51.6 cm³/mol. The van der Waals surface area contributed by atoms with E-state index >= 15 is 0 Å². The normalized spacial score (nSPS) is 8.25. The number of carbonyl (C=O) groups is 1. The number of aromatic hydroxyl groups is 1. The molecular formula is C10H16O2. The van der Waals surface area contributed by atoms with E-state index in [0.29, 0.717) is 5.56 Å². The van der Waals surface area contributed by atoms with Crippen LogP contribution in [0.1, 0.15) is 32.6 Å². The molecule has 0 heterocycles. The Hall–Kier alpha value is -1.31. The van der Waals surface area contributed by atoms with Crippen molar-refractivity contribution in [2.24, 2.45) is 0 Å². The van der Waals surface area contributed by atoms with Crippen LogP contribution in [0.2, 0.25) is 0 Å². The Morgan fingerprint density at radius 1 is 1.33 bits per heavy atom. The highest BCUT2D eigenvalue weighted by molar-refractivity contribution is 5.96. The van der Waals surface area contributed by atoms with Gasteiger partial charge in [-0.25, -0.2) is 0 Å². The third-order valence-electron chi connectivity index (χ3n) is 1.28. The lowest BCUT2D eigenvalue weighted by Crippen LogP contribution is -1.90. The van der Waals surface area contributed by atoms with E-state index < -0.39 is 0 Å². The van der Waals surface area contributed by atoms with Crippen molar-refractivity contribution in [3.05, 3.63) is 29.8 Å². The van der Waals surface area contributed by atoms with E-state index in [0.717, 1.165) is 0 Å². The minimum Gasteiger partial charge on any atom is -0.507 e. The molecule has 0 aliphatic rings. The molecule has 0 aromatic heterocycles. The van der Waals surface area contributed by atoms with Gasteiger partial charge < -0.3 is 5.11 Å². The molecule has 0 fully saturated rings. The summed E-state index contributed by atoms with van der Waals surface area (Å²) in [5, 5.41) is 9.06. The fourth-order valence-corrected chi connectivity index (χ4v) is 0.771. The molecule has 0 spiro atoms. The molecule has 0 aliphatic heterocycles. The van der Waals surface area contributed by atoms with Crippen LogP contribution in [-0.4, -0.2) is 10.9 Å². The molecule has 0 bridgehead atoms. The first kappa shape index (κ1) is 10.7. The van der Waals surface area contributed by atoms with Crippen LogP contribution in [0, 0.1) is 0 Å². The molecule has 2 nitrogen and oxygen atoms in total. The van der Waals surface area contributed by atoms with Crippen LogP contribution in [0.25, 0.3) is 0 Å². The van der Waals surface area contributed by atoms with E-state index in [1.54, 1.807) is 18.2 Å². The topological polar surface area (TPSA) is 37.3 Å². The minimum atomic E-state index is -0.113. The molecule has 1 aromatic rings. The van der Waals surface area contributed by atoms with Gasteiger partial charge in [-0.3, -0.25) is 4.79 Å². The fraction of sp³-hybridized carbons (Fsp3) is 0.300. The first-order chi connectivity index (χ1) is 5.72. The monoisotopic (exact) mass is 168 g/mol. The second-order valence-corrected chi connectivity index (χ2v) is 2.07. The van der Waals surface area contributed by atoms with Crippen molar-refractivity contribution >= 4 is 5.78 Å². The van der Waals surface area contributed by atoms with Gasteiger partial charge in [0.2, 0.25) is 0 Å². The lowest BCUT2D eigenvalue weighted by Gasteiger charge is -1.96. The molecule has 68 valence electrons. The second-order valence-electron chi connectivity index (χ2n) is 2.07. The number of carbonyl (C=O) groups excluding carboxylic acids is 1. The maximum atomic E-state index is 10.7. The fourth-order valence-electron chi connectivity index (χ4n) is 0.771. The van der Waals surface area contributed by atoms with Gasteiger partial charge in [-0.15, -0.1) is 0 Å². The Labute approximate surface area is 74.3 Å². The van der Waals surface area contributed by atoms with Gasteiger partial charge in [0.1, 0.15) is 5.75 Å². The summed E-state index contributed by atoms with van der Waals surface area (Å²) in [5.41, 5.74) is 0.377. The number of para-hydroxylation sites is 1. The van der Waals surface area contributed by atoms with Crippen LogP contribution in [0.4, 0.5) is 0 Å². The Kier molecular flexibility index (Phi) is 4.77. The van der Waals surface area contributed by atoms with Crippen molar-refractivity contribution in [3.63, 3.8) is 0 Å². The average Bonchev–Trinajstić information content (AvgIpc) is 2.08. The van der Waals surface area contributed by atoms with E-state index in [1.165, 1.54) is 13.0 Å². The summed E-state index contributed by atoms with van der Waals surface area (Å²) in [4.78, 5) is 10.7. The van der Waals surface area contributed by atoms with Gasteiger partial charge in [0.15, 0.2) is 5.78 Å². The van der Waals surface area contributed by atoms with Crippen LogP contribution < -0.4 is 0 Å². The summed E-state index contributed by atoms with van der Waals surface area (Å²) in [5.74, 6) is -0.0619. The standard InChI is InChI=1S/C8H8O2.C2H6.H2/c1-6(9)7-4-2-3-5-8(7)10;1-2;/h2-5,10H,1H3;1-2H3;1H. The Balaban J connectivity index is 0. The highest BCUT2D eigenvalue weighted by Crippen LogP contribution is 2.15. The highest BCUT2D eigenvalue weighted by Gasteiger charge is 2.02. The molecule has 0 aliphatic carbocycles. The number of rotatable bonds is 1. The zero-order chi connectivity index (χ0) is 9.56. The first-order valence-electron chi connectivity index (χ1n) is 4.01. The van der Waals surface area contributed by atoms with Gasteiger partial charge in [-0.05, 0) is 19.1 Å². The lowest BCUT2D eigenvalue weighted by molar-refractivity contribution is 0.101. The predicted octanol–water partition coefficient (Wildman–Crippen LogP) is 2.87. The summed E-state index contributed by atoms with van der Waals surface area (Å²) in [6.45, 7) is 5.43. The zero-order valence-electron chi connectivity index (χ0n) is 7.66. The summed E-state index contributed by atoms with van der Waals surface area (Å²) in [7, 11) is 0. The van der Waals surface area contributed by atoms with Crippen LogP contribution >= 0.6 is 0 Å². The van der Waals surface area contributed by atoms with Crippen molar-refractivity contribution in [1.82, 2.24) is 0 Å². The number of hydrogen-bond acceptors (Lipinski definition) is 2. The molecule has 2 heteroatoms. The Morgan fingerprint density at radius 3 is 2.17 bits per heavy atom. The Bertz CT molecular complexity index is 259. The zero-order valence-corrected chi connectivity index (χ0v) is 7.66. The number of benzene rings is 1. The van der Waals surface area contributed by atoms with E-state index in [1.807, 2.05) is 13.8 Å². The molecule has 12 heavy (non-hydrogen) atoms. The number of phenols is 1. The van der Waals surface area contributed by atoms with E-state index in [9.17, 15) is 4.79 Å². The number of phenolic OH excluding ortho intramolecular Hbond substituents is 1. The summed E-state index contributed by atoms with van der Waals surface area (Å²) in [6.07, 6.45) is 0. The van der Waals surface area contributed by atoms with Gasteiger partial charge in [-0.1, -0.05) is 26.0 Å². The smallest absolute Gasteiger partial charge is 0.163 e. The minimum absolute atomic E-state index is 0. The second kappa shape index (κ2) is 5.35. The van der Waals surface area contributed by atoms with E-state index in [2.05, 4.69) is 0 Å².